The molecular formula is C15H18N2O3S2. The number of unbranched alkanes of at least 4 members (excludes halogenated alkanes) is 1. The number of aryl methyl sites for hydroxylation is 1. The molecule has 1 unspecified atom stereocenters. The average molecular weight is 338 g/mol. The summed E-state index contributed by atoms with van der Waals surface area (Å²) in [5.74, 6) is 0.746. The van der Waals surface area contributed by atoms with Gasteiger partial charge in [-0.2, -0.15) is 0 Å². The predicted octanol–water partition coefficient (Wildman–Crippen LogP) is 3.83. The van der Waals surface area contributed by atoms with Gasteiger partial charge in [-0.05, 0) is 25.3 Å². The van der Waals surface area contributed by atoms with Crippen molar-refractivity contribution in [3.05, 3.63) is 23.5 Å². The van der Waals surface area contributed by atoms with Crippen molar-refractivity contribution >= 4 is 38.6 Å². The number of aromatic amines is 1. The van der Waals surface area contributed by atoms with Crippen molar-refractivity contribution in [2.24, 2.45) is 0 Å². The van der Waals surface area contributed by atoms with E-state index in [1.54, 1.807) is 0 Å². The standard InChI is InChI=1S/C15H18N2O3S2/c18-13-8-12-11(7-10(13)15(19)20)16-14(17-12)4-2-1-3-9-5-6-21-22-9/h7-9,18H,1-6H2,(H,16,17)(H,19,20). The van der Waals surface area contributed by atoms with E-state index < -0.39 is 5.97 Å². The van der Waals surface area contributed by atoms with Crippen LogP contribution in [0.3, 0.4) is 0 Å². The molecule has 1 aliphatic rings. The maximum atomic E-state index is 11.0. The number of nitrogens with zero attached hydrogens (tertiary/aromatic N) is 1. The summed E-state index contributed by atoms with van der Waals surface area (Å²) in [7, 11) is 3.98. The van der Waals surface area contributed by atoms with Crippen molar-refractivity contribution in [1.82, 2.24) is 9.97 Å². The van der Waals surface area contributed by atoms with Crippen molar-refractivity contribution in [2.75, 3.05) is 5.75 Å². The molecule has 3 rings (SSSR count). The minimum atomic E-state index is -1.14. The lowest BCUT2D eigenvalue weighted by atomic mass is 10.1. The molecule has 0 bridgehead atoms. The number of phenols is 1. The number of imidazole rings is 1. The number of hydrogen-bond donors (Lipinski definition) is 3. The van der Waals surface area contributed by atoms with Crippen molar-refractivity contribution in [3.8, 4) is 5.75 Å². The van der Waals surface area contributed by atoms with E-state index in [2.05, 4.69) is 9.97 Å². The van der Waals surface area contributed by atoms with E-state index in [0.29, 0.717) is 11.0 Å². The summed E-state index contributed by atoms with van der Waals surface area (Å²) >= 11 is 0. The Balaban J connectivity index is 1.60. The van der Waals surface area contributed by atoms with Crippen LogP contribution in [0.1, 0.15) is 41.9 Å². The zero-order valence-electron chi connectivity index (χ0n) is 12.0. The largest absolute Gasteiger partial charge is 0.507 e. The summed E-state index contributed by atoms with van der Waals surface area (Å²) in [5.41, 5.74) is 1.17. The Bertz CT molecular complexity index is 681. The Hall–Kier alpha value is -1.34. The van der Waals surface area contributed by atoms with Crippen LogP contribution < -0.4 is 0 Å². The zero-order chi connectivity index (χ0) is 15.5. The molecule has 22 heavy (non-hydrogen) atoms. The molecule has 1 aromatic heterocycles. The highest BCUT2D eigenvalue weighted by Crippen LogP contribution is 2.39. The van der Waals surface area contributed by atoms with Crippen molar-refractivity contribution in [3.63, 3.8) is 0 Å². The van der Waals surface area contributed by atoms with E-state index in [4.69, 9.17) is 5.11 Å². The molecule has 1 saturated heterocycles. The normalized spacial score (nSPS) is 18.1. The van der Waals surface area contributed by atoms with Crippen molar-refractivity contribution < 1.29 is 15.0 Å². The van der Waals surface area contributed by atoms with E-state index in [1.165, 1.54) is 37.1 Å². The van der Waals surface area contributed by atoms with Crippen LogP contribution in [-0.4, -0.2) is 37.2 Å². The van der Waals surface area contributed by atoms with Gasteiger partial charge in [-0.1, -0.05) is 28.0 Å². The van der Waals surface area contributed by atoms with Crippen LogP contribution in [0.5, 0.6) is 5.75 Å². The highest BCUT2D eigenvalue weighted by atomic mass is 33.1. The molecule has 3 N–H and O–H groups in total. The lowest BCUT2D eigenvalue weighted by Gasteiger charge is -2.05. The number of aromatic carboxylic acids is 1. The van der Waals surface area contributed by atoms with Gasteiger partial charge in [0.2, 0.25) is 0 Å². The first-order chi connectivity index (χ1) is 10.6. The minimum absolute atomic E-state index is 0.0986. The molecule has 2 heterocycles. The molecule has 118 valence electrons. The fourth-order valence-corrected chi connectivity index (χ4v) is 5.64. The number of rotatable bonds is 6. The number of hydrogen-bond acceptors (Lipinski definition) is 5. The number of nitrogens with one attached hydrogen (secondary N) is 1. The summed E-state index contributed by atoms with van der Waals surface area (Å²) in [5, 5.41) is 19.5. The predicted molar refractivity (Wildman–Crippen MR) is 90.7 cm³/mol. The number of benzene rings is 1. The maximum absolute atomic E-state index is 11.0. The molecule has 0 saturated carbocycles. The second kappa shape index (κ2) is 6.83. The third kappa shape index (κ3) is 3.52. The first kappa shape index (κ1) is 15.6. The first-order valence-electron chi connectivity index (χ1n) is 7.36. The summed E-state index contributed by atoms with van der Waals surface area (Å²) in [6.07, 6.45) is 5.67. The summed E-state index contributed by atoms with van der Waals surface area (Å²) in [6.45, 7) is 0. The van der Waals surface area contributed by atoms with E-state index >= 15 is 0 Å². The molecule has 1 aliphatic heterocycles. The smallest absolute Gasteiger partial charge is 0.339 e. The Morgan fingerprint density at radius 2 is 2.27 bits per heavy atom. The monoisotopic (exact) mass is 338 g/mol. The van der Waals surface area contributed by atoms with Crippen LogP contribution in [0.4, 0.5) is 0 Å². The molecule has 5 nitrogen and oxygen atoms in total. The van der Waals surface area contributed by atoms with Crippen LogP contribution in [0.25, 0.3) is 11.0 Å². The minimum Gasteiger partial charge on any atom is -0.507 e. The van der Waals surface area contributed by atoms with E-state index in [1.807, 2.05) is 21.6 Å². The summed E-state index contributed by atoms with van der Waals surface area (Å²) < 4.78 is 0. The molecular weight excluding hydrogens is 320 g/mol. The number of carboxylic acids is 1. The SMILES string of the molecule is O=C(O)c1cc2[nH]c(CCCCC3CCSS3)nc2cc1O. The molecule has 0 aliphatic carbocycles. The lowest BCUT2D eigenvalue weighted by Crippen LogP contribution is -1.98. The van der Waals surface area contributed by atoms with Gasteiger partial charge < -0.3 is 15.2 Å². The fourth-order valence-electron chi connectivity index (χ4n) is 2.62. The summed E-state index contributed by atoms with van der Waals surface area (Å²) in [4.78, 5) is 18.6. The second-order valence-corrected chi connectivity index (χ2v) is 8.24. The molecule has 1 aromatic carbocycles. The van der Waals surface area contributed by atoms with Gasteiger partial charge >= 0.3 is 5.97 Å². The van der Waals surface area contributed by atoms with Gasteiger partial charge in [0.15, 0.2) is 0 Å². The van der Waals surface area contributed by atoms with Gasteiger partial charge in [0, 0.05) is 23.5 Å². The Morgan fingerprint density at radius 1 is 1.41 bits per heavy atom. The van der Waals surface area contributed by atoms with Crippen LogP contribution in [0.15, 0.2) is 12.1 Å². The summed E-state index contributed by atoms with van der Waals surface area (Å²) in [6, 6.07) is 2.85. The number of fused-ring (bicyclic) bond motifs is 1. The van der Waals surface area contributed by atoms with Gasteiger partial charge in [-0.25, -0.2) is 9.78 Å². The number of carboxylic acid groups (broad SMARTS) is 1. The quantitative estimate of drug-likeness (QED) is 0.548. The van der Waals surface area contributed by atoms with E-state index in [-0.39, 0.29) is 11.3 Å². The lowest BCUT2D eigenvalue weighted by molar-refractivity contribution is 0.0694. The number of carbonyl (C=O) groups is 1. The number of aromatic hydroxyl groups is 1. The topological polar surface area (TPSA) is 86.2 Å². The fraction of sp³-hybridized carbons (Fsp3) is 0.467. The highest BCUT2D eigenvalue weighted by Gasteiger charge is 2.16. The highest BCUT2D eigenvalue weighted by molar-refractivity contribution is 8.77. The third-order valence-electron chi connectivity index (χ3n) is 3.80. The van der Waals surface area contributed by atoms with E-state index in [9.17, 15) is 9.90 Å². The van der Waals surface area contributed by atoms with Crippen molar-refractivity contribution in [1.29, 1.82) is 0 Å². The number of aromatic nitrogens is 2. The zero-order valence-corrected chi connectivity index (χ0v) is 13.7. The number of H-pyrrole nitrogens is 1. The second-order valence-electron chi connectivity index (χ2n) is 5.45. The van der Waals surface area contributed by atoms with Gasteiger partial charge in [0.25, 0.3) is 0 Å². The molecule has 2 aromatic rings. The Kier molecular flexibility index (Phi) is 4.83. The molecule has 0 spiro atoms. The van der Waals surface area contributed by atoms with Crippen molar-refractivity contribution in [2.45, 2.75) is 37.4 Å². The van der Waals surface area contributed by atoms with Crippen LogP contribution >= 0.6 is 21.6 Å². The molecule has 1 fully saturated rings. The Morgan fingerprint density at radius 3 is 3.00 bits per heavy atom. The van der Waals surface area contributed by atoms with E-state index in [0.717, 1.165) is 23.9 Å². The van der Waals surface area contributed by atoms with Gasteiger partial charge in [-0.3, -0.25) is 0 Å². The molecule has 0 amide bonds. The molecule has 1 atom stereocenters. The van der Waals surface area contributed by atoms with Crippen LogP contribution in [0.2, 0.25) is 0 Å². The molecule has 0 radical (unpaired) electrons. The van der Waals surface area contributed by atoms with Gasteiger partial charge in [-0.15, -0.1) is 0 Å². The average Bonchev–Trinajstić information content (AvgIpc) is 3.11. The molecule has 7 heteroatoms. The van der Waals surface area contributed by atoms with Gasteiger partial charge in [0.05, 0.1) is 11.0 Å². The first-order valence-corrected chi connectivity index (χ1v) is 9.75. The maximum Gasteiger partial charge on any atom is 0.339 e. The van der Waals surface area contributed by atoms with Crippen LogP contribution in [0, 0.1) is 0 Å². The third-order valence-corrected chi connectivity index (χ3v) is 6.80. The van der Waals surface area contributed by atoms with Crippen LogP contribution in [-0.2, 0) is 6.42 Å². The Labute approximate surface area is 136 Å². The van der Waals surface area contributed by atoms with Gasteiger partial charge in [0.1, 0.15) is 17.1 Å².